The van der Waals surface area contributed by atoms with Gasteiger partial charge in [-0.3, -0.25) is 4.99 Å². The first kappa shape index (κ1) is 18.3. The average molecular weight is 337 g/mol. The van der Waals surface area contributed by atoms with Crippen LogP contribution in [0.3, 0.4) is 0 Å². The molecule has 0 bridgehead atoms. The van der Waals surface area contributed by atoms with Crippen LogP contribution in [0, 0.1) is 11.8 Å². The Morgan fingerprint density at radius 3 is 2.70 bits per heavy atom. The number of unbranched alkanes of at least 4 members (excludes halogenated alkanes) is 1. The van der Waals surface area contributed by atoms with Gasteiger partial charge in [0.1, 0.15) is 0 Å². The zero-order valence-corrected chi connectivity index (χ0v) is 15.7. The lowest BCUT2D eigenvalue weighted by Gasteiger charge is -2.34. The first-order valence-electron chi connectivity index (χ1n) is 8.86. The highest BCUT2D eigenvalue weighted by atomic mass is 32.1. The summed E-state index contributed by atoms with van der Waals surface area (Å²) in [6, 6.07) is 4.23. The SMILES string of the molecule is CN=C(NCCCCN1CC(C)CC(C)C1)NCc1cccs1. The fourth-order valence-electron chi connectivity index (χ4n) is 3.45. The third kappa shape index (κ3) is 6.92. The summed E-state index contributed by atoms with van der Waals surface area (Å²) < 4.78 is 0. The van der Waals surface area contributed by atoms with Crippen molar-refractivity contribution in [3.63, 3.8) is 0 Å². The van der Waals surface area contributed by atoms with Gasteiger partial charge in [-0.25, -0.2) is 0 Å². The van der Waals surface area contributed by atoms with Gasteiger partial charge in [-0.05, 0) is 49.1 Å². The molecule has 4 nitrogen and oxygen atoms in total. The topological polar surface area (TPSA) is 39.7 Å². The Labute approximate surface area is 145 Å². The molecule has 1 aromatic rings. The Hall–Kier alpha value is -1.07. The molecule has 0 aliphatic carbocycles. The van der Waals surface area contributed by atoms with Crippen molar-refractivity contribution >= 4 is 17.3 Å². The van der Waals surface area contributed by atoms with E-state index in [0.29, 0.717) is 0 Å². The van der Waals surface area contributed by atoms with E-state index in [0.717, 1.165) is 30.9 Å². The Kier molecular flexibility index (Phi) is 7.89. The van der Waals surface area contributed by atoms with Crippen molar-refractivity contribution in [1.82, 2.24) is 15.5 Å². The van der Waals surface area contributed by atoms with E-state index in [1.807, 2.05) is 7.05 Å². The van der Waals surface area contributed by atoms with Gasteiger partial charge in [0.25, 0.3) is 0 Å². The quantitative estimate of drug-likeness (QED) is 0.456. The molecular weight excluding hydrogens is 304 g/mol. The number of nitrogens with one attached hydrogen (secondary N) is 2. The van der Waals surface area contributed by atoms with Crippen molar-refractivity contribution in [3.8, 4) is 0 Å². The lowest BCUT2D eigenvalue weighted by molar-refractivity contribution is 0.139. The van der Waals surface area contributed by atoms with Crippen molar-refractivity contribution in [2.75, 3.05) is 33.2 Å². The van der Waals surface area contributed by atoms with Crippen LogP contribution in [0.15, 0.2) is 22.5 Å². The summed E-state index contributed by atoms with van der Waals surface area (Å²) in [5, 5.41) is 8.88. The minimum absolute atomic E-state index is 0.848. The summed E-state index contributed by atoms with van der Waals surface area (Å²) >= 11 is 1.77. The summed E-state index contributed by atoms with van der Waals surface area (Å²) in [7, 11) is 1.83. The van der Waals surface area contributed by atoms with Crippen LogP contribution in [0.25, 0.3) is 0 Å². The van der Waals surface area contributed by atoms with E-state index >= 15 is 0 Å². The Bertz CT molecular complexity index is 448. The first-order valence-corrected chi connectivity index (χ1v) is 9.74. The number of hydrogen-bond donors (Lipinski definition) is 2. The van der Waals surface area contributed by atoms with Crippen LogP contribution >= 0.6 is 11.3 Å². The summed E-state index contributed by atoms with van der Waals surface area (Å²) in [6.45, 7) is 10.4. The van der Waals surface area contributed by atoms with E-state index in [-0.39, 0.29) is 0 Å². The van der Waals surface area contributed by atoms with Gasteiger partial charge in [0.05, 0.1) is 6.54 Å². The molecule has 2 heterocycles. The molecule has 0 aromatic carbocycles. The highest BCUT2D eigenvalue weighted by molar-refractivity contribution is 7.09. The smallest absolute Gasteiger partial charge is 0.191 e. The molecule has 23 heavy (non-hydrogen) atoms. The van der Waals surface area contributed by atoms with Crippen molar-refractivity contribution in [2.24, 2.45) is 16.8 Å². The standard InChI is InChI=1S/C18H32N4S/c1-15-11-16(2)14-22(13-15)9-5-4-8-20-18(19-3)21-12-17-7-6-10-23-17/h6-7,10,15-16H,4-5,8-9,11-14H2,1-3H3,(H2,19,20,21). The maximum absolute atomic E-state index is 4.28. The third-order valence-corrected chi connectivity index (χ3v) is 5.25. The molecular formula is C18H32N4S. The van der Waals surface area contributed by atoms with Crippen LogP contribution < -0.4 is 10.6 Å². The minimum Gasteiger partial charge on any atom is -0.356 e. The lowest BCUT2D eigenvalue weighted by Crippen LogP contribution is -2.40. The molecule has 1 aliphatic rings. The summed E-state index contributed by atoms with van der Waals surface area (Å²) in [5.41, 5.74) is 0. The Morgan fingerprint density at radius 2 is 2.04 bits per heavy atom. The van der Waals surface area contributed by atoms with E-state index in [1.165, 1.54) is 43.8 Å². The molecule has 0 spiro atoms. The van der Waals surface area contributed by atoms with Crippen molar-refractivity contribution < 1.29 is 0 Å². The first-order chi connectivity index (χ1) is 11.2. The molecule has 1 aromatic heterocycles. The van der Waals surface area contributed by atoms with Crippen molar-refractivity contribution in [3.05, 3.63) is 22.4 Å². The number of nitrogens with zero attached hydrogens (tertiary/aromatic N) is 2. The number of thiophene rings is 1. The molecule has 2 atom stereocenters. The highest BCUT2D eigenvalue weighted by Gasteiger charge is 2.20. The number of piperidine rings is 1. The van der Waals surface area contributed by atoms with Gasteiger partial charge in [0, 0.05) is 31.6 Å². The monoisotopic (exact) mass is 336 g/mol. The Morgan fingerprint density at radius 1 is 1.26 bits per heavy atom. The van der Waals surface area contributed by atoms with Crippen LogP contribution in [0.5, 0.6) is 0 Å². The predicted molar refractivity (Wildman–Crippen MR) is 101 cm³/mol. The van der Waals surface area contributed by atoms with E-state index in [2.05, 4.69) is 51.9 Å². The summed E-state index contributed by atoms with van der Waals surface area (Å²) in [4.78, 5) is 8.26. The predicted octanol–water partition coefficient (Wildman–Crippen LogP) is 3.17. The maximum Gasteiger partial charge on any atom is 0.191 e. The molecule has 1 fully saturated rings. The van der Waals surface area contributed by atoms with Crippen molar-refractivity contribution in [2.45, 2.75) is 39.7 Å². The van der Waals surface area contributed by atoms with Gasteiger partial charge in [-0.2, -0.15) is 0 Å². The van der Waals surface area contributed by atoms with Crippen LogP contribution in [-0.2, 0) is 6.54 Å². The van der Waals surface area contributed by atoms with Gasteiger partial charge in [0.15, 0.2) is 5.96 Å². The second-order valence-corrected chi connectivity index (χ2v) is 7.88. The highest BCUT2D eigenvalue weighted by Crippen LogP contribution is 2.20. The fraction of sp³-hybridized carbons (Fsp3) is 0.722. The molecule has 0 amide bonds. The molecule has 0 saturated carbocycles. The van der Waals surface area contributed by atoms with E-state index in [9.17, 15) is 0 Å². The van der Waals surface area contributed by atoms with Crippen LogP contribution in [0.1, 0.15) is 38.0 Å². The zero-order chi connectivity index (χ0) is 16.5. The molecule has 1 aliphatic heterocycles. The molecule has 2 N–H and O–H groups in total. The average Bonchev–Trinajstić information content (AvgIpc) is 3.02. The number of guanidine groups is 1. The van der Waals surface area contributed by atoms with E-state index in [4.69, 9.17) is 0 Å². The van der Waals surface area contributed by atoms with Crippen LogP contribution in [0.2, 0.25) is 0 Å². The number of aliphatic imine (C=N–C) groups is 1. The van der Waals surface area contributed by atoms with Gasteiger partial charge < -0.3 is 15.5 Å². The van der Waals surface area contributed by atoms with Gasteiger partial charge in [-0.1, -0.05) is 19.9 Å². The van der Waals surface area contributed by atoms with Gasteiger partial charge in [0.2, 0.25) is 0 Å². The number of rotatable bonds is 7. The van der Waals surface area contributed by atoms with E-state index < -0.39 is 0 Å². The van der Waals surface area contributed by atoms with Gasteiger partial charge >= 0.3 is 0 Å². The molecule has 5 heteroatoms. The Balaban J connectivity index is 1.55. The van der Waals surface area contributed by atoms with Gasteiger partial charge in [-0.15, -0.1) is 11.3 Å². The van der Waals surface area contributed by atoms with Crippen LogP contribution in [-0.4, -0.2) is 44.1 Å². The number of hydrogen-bond acceptors (Lipinski definition) is 3. The van der Waals surface area contributed by atoms with Crippen molar-refractivity contribution in [1.29, 1.82) is 0 Å². The molecule has 0 radical (unpaired) electrons. The lowest BCUT2D eigenvalue weighted by atomic mass is 9.92. The van der Waals surface area contributed by atoms with Crippen LogP contribution in [0.4, 0.5) is 0 Å². The zero-order valence-electron chi connectivity index (χ0n) is 14.8. The normalized spacial score (nSPS) is 23.0. The molecule has 2 unspecified atom stereocenters. The van der Waals surface area contributed by atoms with E-state index in [1.54, 1.807) is 11.3 Å². The maximum atomic E-state index is 4.28. The second-order valence-electron chi connectivity index (χ2n) is 6.84. The third-order valence-electron chi connectivity index (χ3n) is 4.37. The summed E-state index contributed by atoms with van der Waals surface area (Å²) in [6.07, 6.45) is 3.84. The summed E-state index contributed by atoms with van der Waals surface area (Å²) in [5.74, 6) is 2.62. The molecule has 1 saturated heterocycles. The second kappa shape index (κ2) is 9.93. The molecule has 130 valence electrons. The molecule has 2 rings (SSSR count). The largest absolute Gasteiger partial charge is 0.356 e. The number of likely N-dealkylation sites (tertiary alicyclic amines) is 1. The minimum atomic E-state index is 0.848. The fourth-order valence-corrected chi connectivity index (χ4v) is 4.09.